The number of carbonyl (C=O) groups is 2. The summed E-state index contributed by atoms with van der Waals surface area (Å²) >= 11 is 0. The lowest BCUT2D eigenvalue weighted by atomic mass is 10.2. The number of nitrogens with one attached hydrogen (secondary N) is 2. The van der Waals surface area contributed by atoms with Crippen LogP contribution in [0, 0.1) is 0 Å². The van der Waals surface area contributed by atoms with Crippen LogP contribution >= 0.6 is 0 Å². The van der Waals surface area contributed by atoms with Crippen molar-refractivity contribution >= 4 is 17.6 Å². The maximum Gasteiger partial charge on any atom is 0.257 e. The summed E-state index contributed by atoms with van der Waals surface area (Å²) in [6, 6.07) is 8.21. The van der Waals surface area contributed by atoms with Crippen molar-refractivity contribution in [3.8, 4) is 0 Å². The fourth-order valence-corrected chi connectivity index (χ4v) is 1.44. The van der Waals surface area contributed by atoms with E-state index in [9.17, 15) is 19.5 Å². The van der Waals surface area contributed by atoms with Gasteiger partial charge < -0.3 is 20.2 Å². The predicted octanol–water partition coefficient (Wildman–Crippen LogP) is -0.00930. The lowest BCUT2D eigenvalue weighted by Gasteiger charge is -2.06. The smallest absolute Gasteiger partial charge is 0.257 e. The first-order valence-electron chi connectivity index (χ1n) is 5.38. The third-order valence-electron chi connectivity index (χ3n) is 2.42. The van der Waals surface area contributed by atoms with E-state index in [1.54, 1.807) is 0 Å². The summed E-state index contributed by atoms with van der Waals surface area (Å²) in [6.45, 7) is 0. The summed E-state index contributed by atoms with van der Waals surface area (Å²) in [5.41, 5.74) is 0.474. The lowest BCUT2D eigenvalue weighted by molar-refractivity contribution is -0.255. The Bertz CT molecular complexity index is 653. The molecule has 1 aromatic carbocycles. The zero-order valence-electron chi connectivity index (χ0n) is 9.67. The summed E-state index contributed by atoms with van der Waals surface area (Å²) < 4.78 is 0. The van der Waals surface area contributed by atoms with E-state index in [2.05, 4.69) is 10.3 Å². The Morgan fingerprint density at radius 1 is 1.00 bits per heavy atom. The Hall–Kier alpha value is -2.89. The van der Waals surface area contributed by atoms with E-state index in [-0.39, 0.29) is 11.1 Å². The highest BCUT2D eigenvalue weighted by Crippen LogP contribution is 2.10. The molecule has 0 atom stereocenters. The molecule has 6 nitrogen and oxygen atoms in total. The zero-order valence-corrected chi connectivity index (χ0v) is 9.67. The first-order chi connectivity index (χ1) is 9.06. The Balaban J connectivity index is 2.12. The van der Waals surface area contributed by atoms with Gasteiger partial charge in [-0.15, -0.1) is 0 Å². The number of H-pyrrole nitrogens is 1. The lowest BCUT2D eigenvalue weighted by Crippen LogP contribution is -2.22. The fourth-order valence-electron chi connectivity index (χ4n) is 1.44. The van der Waals surface area contributed by atoms with Gasteiger partial charge in [0.15, 0.2) is 0 Å². The van der Waals surface area contributed by atoms with Gasteiger partial charge in [0.2, 0.25) is 5.56 Å². The Labute approximate surface area is 107 Å². The normalized spacial score (nSPS) is 9.89. The van der Waals surface area contributed by atoms with Crippen LogP contribution in [0.5, 0.6) is 0 Å². The number of hydrogen-bond acceptors (Lipinski definition) is 4. The number of benzene rings is 1. The quantitative estimate of drug-likeness (QED) is 0.807. The molecule has 0 spiro atoms. The van der Waals surface area contributed by atoms with Crippen molar-refractivity contribution in [2.24, 2.45) is 0 Å². The molecule has 1 aromatic heterocycles. The van der Waals surface area contributed by atoms with E-state index in [0.717, 1.165) is 0 Å². The number of carboxylic acids is 1. The molecule has 2 N–H and O–H groups in total. The SMILES string of the molecule is O=C([O-])c1ccc(NC(=O)c2ccc(=O)[nH]c2)cc1. The molecule has 0 radical (unpaired) electrons. The standard InChI is InChI=1S/C13H10N2O4/c16-11-6-3-9(7-14-11)12(17)15-10-4-1-8(2-5-10)13(18)19/h1-7H,(H,14,16)(H,15,17)(H,18,19)/p-1. The van der Waals surface area contributed by atoms with Gasteiger partial charge in [-0.05, 0) is 23.8 Å². The van der Waals surface area contributed by atoms with Gasteiger partial charge in [0.05, 0.1) is 11.5 Å². The van der Waals surface area contributed by atoms with Gasteiger partial charge in [-0.3, -0.25) is 9.59 Å². The summed E-state index contributed by atoms with van der Waals surface area (Å²) in [5.74, 6) is -1.68. The molecule has 1 heterocycles. The molecule has 0 saturated carbocycles. The Kier molecular flexibility index (Phi) is 3.42. The molecule has 6 heteroatoms. The van der Waals surface area contributed by atoms with Crippen molar-refractivity contribution in [1.29, 1.82) is 0 Å². The molecule has 0 saturated heterocycles. The number of rotatable bonds is 3. The largest absolute Gasteiger partial charge is 0.545 e. The number of amides is 1. The van der Waals surface area contributed by atoms with Crippen LogP contribution in [0.25, 0.3) is 0 Å². The van der Waals surface area contributed by atoms with E-state index in [0.29, 0.717) is 11.3 Å². The van der Waals surface area contributed by atoms with Crippen LogP contribution in [0.1, 0.15) is 20.7 Å². The van der Waals surface area contributed by atoms with E-state index in [1.165, 1.54) is 42.6 Å². The fraction of sp³-hybridized carbons (Fsp3) is 0. The van der Waals surface area contributed by atoms with Crippen LogP contribution in [-0.2, 0) is 0 Å². The molecule has 1 amide bonds. The minimum atomic E-state index is -1.28. The van der Waals surface area contributed by atoms with E-state index < -0.39 is 11.9 Å². The zero-order chi connectivity index (χ0) is 13.8. The highest BCUT2D eigenvalue weighted by Gasteiger charge is 2.05. The maximum atomic E-state index is 11.8. The van der Waals surface area contributed by atoms with Gasteiger partial charge in [0, 0.05) is 18.0 Å². The van der Waals surface area contributed by atoms with Crippen LogP contribution in [-0.4, -0.2) is 16.9 Å². The number of carboxylic acid groups (broad SMARTS) is 1. The number of carbonyl (C=O) groups excluding carboxylic acids is 2. The van der Waals surface area contributed by atoms with E-state index in [4.69, 9.17) is 0 Å². The van der Waals surface area contributed by atoms with E-state index >= 15 is 0 Å². The minimum Gasteiger partial charge on any atom is -0.545 e. The van der Waals surface area contributed by atoms with Gasteiger partial charge in [0.25, 0.3) is 5.91 Å². The van der Waals surface area contributed by atoms with Crippen molar-refractivity contribution in [1.82, 2.24) is 4.98 Å². The maximum absolute atomic E-state index is 11.8. The molecule has 0 bridgehead atoms. The number of aromatic nitrogens is 1. The van der Waals surface area contributed by atoms with E-state index in [1.807, 2.05) is 0 Å². The summed E-state index contributed by atoms with van der Waals surface area (Å²) in [4.78, 5) is 35.6. The second kappa shape index (κ2) is 5.18. The topological polar surface area (TPSA) is 102 Å². The van der Waals surface area contributed by atoms with Gasteiger partial charge in [-0.25, -0.2) is 0 Å². The van der Waals surface area contributed by atoms with Crippen molar-refractivity contribution < 1.29 is 14.7 Å². The predicted molar refractivity (Wildman–Crippen MR) is 65.8 cm³/mol. The number of hydrogen-bond donors (Lipinski definition) is 2. The van der Waals surface area contributed by atoms with Gasteiger partial charge in [-0.1, -0.05) is 12.1 Å². The third-order valence-corrected chi connectivity index (χ3v) is 2.42. The second-order valence-electron chi connectivity index (χ2n) is 3.76. The molecule has 0 unspecified atom stereocenters. The van der Waals surface area contributed by atoms with Gasteiger partial charge in [0.1, 0.15) is 0 Å². The number of aromatic carboxylic acids is 1. The summed E-state index contributed by atoms with van der Waals surface area (Å²) in [6.07, 6.45) is 1.30. The molecule has 19 heavy (non-hydrogen) atoms. The Morgan fingerprint density at radius 3 is 2.16 bits per heavy atom. The van der Waals surface area contributed by atoms with Crippen molar-refractivity contribution in [3.63, 3.8) is 0 Å². The van der Waals surface area contributed by atoms with Crippen LogP contribution < -0.4 is 16.0 Å². The molecule has 0 fully saturated rings. The Morgan fingerprint density at radius 2 is 1.63 bits per heavy atom. The van der Waals surface area contributed by atoms with Crippen LogP contribution in [0.4, 0.5) is 5.69 Å². The summed E-state index contributed by atoms with van der Waals surface area (Å²) in [7, 11) is 0. The molecule has 2 rings (SSSR count). The first kappa shape index (κ1) is 12.6. The van der Waals surface area contributed by atoms with Crippen molar-refractivity contribution in [3.05, 3.63) is 64.1 Å². The monoisotopic (exact) mass is 257 g/mol. The first-order valence-corrected chi connectivity index (χ1v) is 5.38. The highest BCUT2D eigenvalue weighted by molar-refractivity contribution is 6.04. The second-order valence-corrected chi connectivity index (χ2v) is 3.76. The van der Waals surface area contributed by atoms with Gasteiger partial charge in [-0.2, -0.15) is 0 Å². The van der Waals surface area contributed by atoms with Gasteiger partial charge >= 0.3 is 0 Å². The molecular weight excluding hydrogens is 248 g/mol. The summed E-state index contributed by atoms with van der Waals surface area (Å²) in [5, 5.41) is 13.1. The van der Waals surface area contributed by atoms with Crippen LogP contribution in [0.3, 0.4) is 0 Å². The average Bonchev–Trinajstić information content (AvgIpc) is 2.40. The van der Waals surface area contributed by atoms with Crippen molar-refractivity contribution in [2.75, 3.05) is 5.32 Å². The van der Waals surface area contributed by atoms with Crippen LogP contribution in [0.15, 0.2) is 47.4 Å². The minimum absolute atomic E-state index is 0.0297. The molecular formula is C13H9N2O4-. The molecule has 2 aromatic rings. The molecule has 0 aliphatic rings. The number of pyridine rings is 1. The number of anilines is 1. The molecule has 0 aliphatic carbocycles. The number of aromatic amines is 1. The average molecular weight is 257 g/mol. The highest BCUT2D eigenvalue weighted by atomic mass is 16.4. The molecule has 0 aliphatic heterocycles. The molecule has 96 valence electrons. The van der Waals surface area contributed by atoms with Crippen LogP contribution in [0.2, 0.25) is 0 Å². The van der Waals surface area contributed by atoms with Crippen molar-refractivity contribution in [2.45, 2.75) is 0 Å². The third kappa shape index (κ3) is 3.06.